The second kappa shape index (κ2) is 5.28. The number of hydrogen-bond donors (Lipinski definition) is 1. The Morgan fingerprint density at radius 2 is 2.00 bits per heavy atom. The molecule has 0 amide bonds. The molecule has 1 N–H and O–H groups in total. The lowest BCUT2D eigenvalue weighted by atomic mass is 9.70. The van der Waals surface area contributed by atoms with Crippen LogP contribution in [0, 0.1) is 28.1 Å². The molecule has 0 aromatic rings. The fourth-order valence-corrected chi connectivity index (χ4v) is 4.53. The zero-order chi connectivity index (χ0) is 16.9. The molecule has 2 fully saturated rings. The molecule has 0 saturated heterocycles. The van der Waals surface area contributed by atoms with Crippen molar-refractivity contribution in [3.63, 3.8) is 0 Å². The number of hydrogen-bond acceptors (Lipinski definition) is 3. The molecule has 2 saturated carbocycles. The number of rotatable bonds is 5. The van der Waals surface area contributed by atoms with E-state index < -0.39 is 5.41 Å². The summed E-state index contributed by atoms with van der Waals surface area (Å²) < 4.78 is 5.92. The fourth-order valence-electron chi connectivity index (χ4n) is 4.53. The molecule has 0 radical (unpaired) electrons. The minimum Gasteiger partial charge on any atom is -0.512 e. The first-order valence-corrected chi connectivity index (χ1v) is 8.50. The van der Waals surface area contributed by atoms with E-state index in [4.69, 9.17) is 4.74 Å². The number of fused-ring (bicyclic) bond motifs is 2. The van der Waals surface area contributed by atoms with Crippen molar-refractivity contribution in [3.05, 3.63) is 12.3 Å². The molecule has 4 atom stereocenters. The molecule has 2 bridgehead atoms. The first kappa shape index (κ1) is 17.4. The Kier molecular flexibility index (Phi) is 4.17. The maximum atomic E-state index is 12.5. The van der Waals surface area contributed by atoms with Crippen LogP contribution in [0.4, 0.5) is 0 Å². The lowest BCUT2D eigenvalue weighted by Gasteiger charge is -2.39. The third kappa shape index (κ3) is 2.57. The van der Waals surface area contributed by atoms with Gasteiger partial charge in [-0.25, -0.2) is 0 Å². The van der Waals surface area contributed by atoms with Gasteiger partial charge in [-0.05, 0) is 37.0 Å². The Morgan fingerprint density at radius 1 is 1.41 bits per heavy atom. The fraction of sp³-hybridized carbons (Fsp3) is 0.842. The first-order valence-electron chi connectivity index (χ1n) is 8.50. The molecule has 0 aromatic carbocycles. The monoisotopic (exact) mass is 308 g/mol. The van der Waals surface area contributed by atoms with Crippen LogP contribution in [-0.4, -0.2) is 17.2 Å². The zero-order valence-electron chi connectivity index (χ0n) is 15.0. The summed E-state index contributed by atoms with van der Waals surface area (Å²) in [5.74, 6) is 0.424. The number of esters is 1. The second-order valence-corrected chi connectivity index (χ2v) is 8.97. The van der Waals surface area contributed by atoms with Crippen molar-refractivity contribution in [2.24, 2.45) is 28.1 Å². The average molecular weight is 308 g/mol. The van der Waals surface area contributed by atoms with Crippen LogP contribution in [0.5, 0.6) is 0 Å². The summed E-state index contributed by atoms with van der Waals surface area (Å²) in [7, 11) is 0. The van der Waals surface area contributed by atoms with Gasteiger partial charge in [-0.3, -0.25) is 4.79 Å². The molecule has 0 heterocycles. The van der Waals surface area contributed by atoms with Gasteiger partial charge in [-0.1, -0.05) is 48.1 Å². The Labute approximate surface area is 135 Å². The van der Waals surface area contributed by atoms with Crippen molar-refractivity contribution in [2.75, 3.05) is 0 Å². The number of ether oxygens (including phenoxy) is 1. The minimum absolute atomic E-state index is 0.0386. The van der Waals surface area contributed by atoms with Gasteiger partial charge in [-0.15, -0.1) is 0 Å². The normalized spacial score (nSPS) is 34.5. The molecule has 0 aliphatic heterocycles. The molecule has 0 spiro atoms. The number of aliphatic hydroxyl groups excluding tert-OH is 1. The molecular weight excluding hydrogens is 276 g/mol. The zero-order valence-corrected chi connectivity index (χ0v) is 15.0. The third-order valence-electron chi connectivity index (χ3n) is 6.97. The maximum absolute atomic E-state index is 12.5. The summed E-state index contributed by atoms with van der Waals surface area (Å²) in [6.45, 7) is 16.2. The first-order chi connectivity index (χ1) is 9.92. The lowest BCUT2D eigenvalue weighted by Crippen LogP contribution is -2.39. The van der Waals surface area contributed by atoms with Crippen molar-refractivity contribution < 1.29 is 14.6 Å². The van der Waals surface area contributed by atoms with E-state index in [2.05, 4.69) is 27.4 Å². The van der Waals surface area contributed by atoms with E-state index in [1.807, 2.05) is 20.8 Å². The number of aliphatic hydroxyl groups is 1. The van der Waals surface area contributed by atoms with Crippen LogP contribution in [-0.2, 0) is 9.53 Å². The molecule has 2 rings (SSSR count). The van der Waals surface area contributed by atoms with Crippen molar-refractivity contribution in [1.29, 1.82) is 0 Å². The van der Waals surface area contributed by atoms with Gasteiger partial charge in [0.15, 0.2) is 0 Å². The quantitative estimate of drug-likeness (QED) is 0.582. The van der Waals surface area contributed by atoms with Crippen LogP contribution in [0.3, 0.4) is 0 Å². The number of carbonyl (C=O) groups excluding carboxylic acids is 1. The summed E-state index contributed by atoms with van der Waals surface area (Å²) in [5.41, 5.74) is -0.112. The second-order valence-electron chi connectivity index (χ2n) is 8.97. The van der Waals surface area contributed by atoms with E-state index in [1.54, 1.807) is 0 Å². The van der Waals surface area contributed by atoms with E-state index >= 15 is 0 Å². The lowest BCUT2D eigenvalue weighted by molar-refractivity contribution is -0.162. The minimum atomic E-state index is -0.462. The van der Waals surface area contributed by atoms with Gasteiger partial charge in [0.05, 0.1) is 11.7 Å². The van der Waals surface area contributed by atoms with Crippen LogP contribution in [0.2, 0.25) is 0 Å². The standard InChI is InChI=1S/C19H32O3/c1-12(11-17(3,4)13(2)20)16(21)22-15-10-14-8-9-19(15,7)18(14,5)6/h12,14-15,20H,2,8-11H2,1,3-7H3. The number of allylic oxidation sites excluding steroid dienone is 1. The maximum Gasteiger partial charge on any atom is 0.308 e. The van der Waals surface area contributed by atoms with Crippen LogP contribution >= 0.6 is 0 Å². The smallest absolute Gasteiger partial charge is 0.308 e. The Balaban J connectivity index is 2.00. The molecular formula is C19H32O3. The van der Waals surface area contributed by atoms with E-state index in [0.717, 1.165) is 12.8 Å². The molecule has 3 nitrogen and oxygen atoms in total. The van der Waals surface area contributed by atoms with Crippen molar-refractivity contribution in [3.8, 4) is 0 Å². The van der Waals surface area contributed by atoms with E-state index in [-0.39, 0.29) is 34.6 Å². The third-order valence-corrected chi connectivity index (χ3v) is 6.97. The highest BCUT2D eigenvalue weighted by atomic mass is 16.5. The van der Waals surface area contributed by atoms with Crippen LogP contribution in [0.25, 0.3) is 0 Å². The topological polar surface area (TPSA) is 46.5 Å². The predicted molar refractivity (Wildman–Crippen MR) is 88.4 cm³/mol. The summed E-state index contributed by atoms with van der Waals surface area (Å²) in [4.78, 5) is 12.5. The van der Waals surface area contributed by atoms with E-state index in [9.17, 15) is 9.90 Å². The Morgan fingerprint density at radius 3 is 2.41 bits per heavy atom. The van der Waals surface area contributed by atoms with Gasteiger partial charge in [0.25, 0.3) is 0 Å². The van der Waals surface area contributed by atoms with Crippen molar-refractivity contribution >= 4 is 5.97 Å². The van der Waals surface area contributed by atoms with Gasteiger partial charge >= 0.3 is 5.97 Å². The average Bonchev–Trinajstić information content (AvgIpc) is 2.71. The highest BCUT2D eigenvalue weighted by Crippen LogP contribution is 2.66. The van der Waals surface area contributed by atoms with Crippen LogP contribution < -0.4 is 0 Å². The van der Waals surface area contributed by atoms with Crippen LogP contribution in [0.1, 0.15) is 67.2 Å². The summed E-state index contributed by atoms with van der Waals surface area (Å²) in [5, 5.41) is 9.64. The summed E-state index contributed by atoms with van der Waals surface area (Å²) in [6.07, 6.45) is 3.99. The predicted octanol–water partition coefficient (Wildman–Crippen LogP) is 4.87. The molecule has 126 valence electrons. The number of carbonyl (C=O) groups is 1. The molecule has 22 heavy (non-hydrogen) atoms. The Hall–Kier alpha value is -0.990. The molecule has 2 aliphatic rings. The van der Waals surface area contributed by atoms with Gasteiger partial charge < -0.3 is 9.84 Å². The summed E-state index contributed by atoms with van der Waals surface area (Å²) >= 11 is 0. The van der Waals surface area contributed by atoms with Gasteiger partial charge in [-0.2, -0.15) is 0 Å². The molecule has 3 heteroatoms. The van der Waals surface area contributed by atoms with Crippen LogP contribution in [0.15, 0.2) is 12.3 Å². The molecule has 0 aromatic heterocycles. The van der Waals surface area contributed by atoms with Gasteiger partial charge in [0.2, 0.25) is 0 Å². The van der Waals surface area contributed by atoms with Gasteiger partial charge in [0.1, 0.15) is 6.10 Å². The largest absolute Gasteiger partial charge is 0.512 e. The van der Waals surface area contributed by atoms with E-state index in [1.165, 1.54) is 6.42 Å². The SMILES string of the molecule is C=C(O)C(C)(C)CC(C)C(=O)OC1CC2CCC1(C)C2(C)C. The van der Waals surface area contributed by atoms with Crippen molar-refractivity contribution in [2.45, 2.75) is 73.3 Å². The highest BCUT2D eigenvalue weighted by molar-refractivity contribution is 5.72. The highest BCUT2D eigenvalue weighted by Gasteiger charge is 2.62. The molecule has 2 aliphatic carbocycles. The molecule has 4 unspecified atom stereocenters. The van der Waals surface area contributed by atoms with Gasteiger partial charge in [0, 0.05) is 10.8 Å². The van der Waals surface area contributed by atoms with Crippen molar-refractivity contribution in [1.82, 2.24) is 0 Å². The Bertz CT molecular complexity index is 477. The summed E-state index contributed by atoms with van der Waals surface area (Å²) in [6, 6.07) is 0. The van der Waals surface area contributed by atoms with E-state index in [0.29, 0.717) is 12.3 Å².